The Labute approximate surface area is 190 Å². The Morgan fingerprint density at radius 3 is 2.45 bits per heavy atom. The van der Waals surface area contributed by atoms with E-state index in [4.69, 9.17) is 16.3 Å². The van der Waals surface area contributed by atoms with Crippen LogP contribution >= 0.6 is 22.9 Å². The van der Waals surface area contributed by atoms with E-state index in [0.717, 1.165) is 11.3 Å². The molecule has 1 N–H and O–H groups in total. The summed E-state index contributed by atoms with van der Waals surface area (Å²) in [4.78, 5) is 42.2. The quantitative estimate of drug-likeness (QED) is 0.635. The predicted molar refractivity (Wildman–Crippen MR) is 122 cm³/mol. The molecule has 166 valence electrons. The van der Waals surface area contributed by atoms with Gasteiger partial charge in [0.05, 0.1) is 29.3 Å². The lowest BCUT2D eigenvalue weighted by atomic mass is 10.2. The summed E-state index contributed by atoms with van der Waals surface area (Å²) in [6.45, 7) is 6.42. The van der Waals surface area contributed by atoms with Crippen LogP contribution in [-0.4, -0.2) is 66.9 Å². The number of anilines is 1. The molecule has 0 atom stereocenters. The number of aryl methyl sites for hydroxylation is 1. The average molecular weight is 464 g/mol. The molecule has 0 saturated carbocycles. The number of piperazine rings is 1. The third-order valence-corrected chi connectivity index (χ3v) is 6.54. The van der Waals surface area contributed by atoms with Gasteiger partial charge in [-0.25, -0.2) is 4.79 Å². The smallest absolute Gasteiger partial charge is 0.341 e. The van der Waals surface area contributed by atoms with Gasteiger partial charge < -0.3 is 15.0 Å². The Balaban J connectivity index is 1.55. The first-order chi connectivity index (χ1) is 14.9. The van der Waals surface area contributed by atoms with E-state index in [0.29, 0.717) is 47.3 Å². The molecule has 2 aromatic rings. The van der Waals surface area contributed by atoms with Crippen molar-refractivity contribution in [2.24, 2.45) is 0 Å². The third-order valence-electron chi connectivity index (χ3n) is 5.01. The van der Waals surface area contributed by atoms with Gasteiger partial charge in [0, 0.05) is 31.1 Å². The summed E-state index contributed by atoms with van der Waals surface area (Å²) in [5.41, 5.74) is 0.887. The largest absolute Gasteiger partial charge is 0.462 e. The van der Waals surface area contributed by atoms with Crippen molar-refractivity contribution >= 4 is 45.7 Å². The molecular weight excluding hydrogens is 438 g/mol. The molecule has 0 spiro atoms. The molecule has 3 rings (SSSR count). The number of carbonyl (C=O) groups excluding carboxylic acids is 3. The molecule has 31 heavy (non-hydrogen) atoms. The molecule has 0 radical (unpaired) electrons. The van der Waals surface area contributed by atoms with E-state index < -0.39 is 5.97 Å². The van der Waals surface area contributed by atoms with Crippen LogP contribution in [0.25, 0.3) is 0 Å². The van der Waals surface area contributed by atoms with E-state index >= 15 is 0 Å². The third kappa shape index (κ3) is 5.84. The van der Waals surface area contributed by atoms with Crippen LogP contribution in [0.1, 0.15) is 39.4 Å². The fourth-order valence-electron chi connectivity index (χ4n) is 3.35. The molecule has 1 saturated heterocycles. The Bertz CT molecular complexity index is 954. The van der Waals surface area contributed by atoms with Crippen molar-refractivity contribution in [3.63, 3.8) is 0 Å². The number of esters is 1. The van der Waals surface area contributed by atoms with Crippen molar-refractivity contribution in [1.29, 1.82) is 0 Å². The van der Waals surface area contributed by atoms with Crippen LogP contribution in [0.3, 0.4) is 0 Å². The van der Waals surface area contributed by atoms with Crippen molar-refractivity contribution in [1.82, 2.24) is 9.80 Å². The minimum Gasteiger partial charge on any atom is -0.462 e. The van der Waals surface area contributed by atoms with Gasteiger partial charge in [-0.2, -0.15) is 0 Å². The highest BCUT2D eigenvalue weighted by molar-refractivity contribution is 7.16. The molecule has 0 unspecified atom stereocenters. The minimum absolute atomic E-state index is 0.0977. The maximum Gasteiger partial charge on any atom is 0.341 e. The second kappa shape index (κ2) is 10.7. The summed E-state index contributed by atoms with van der Waals surface area (Å²) >= 11 is 7.53. The fourth-order valence-corrected chi connectivity index (χ4v) is 4.57. The summed E-state index contributed by atoms with van der Waals surface area (Å²) < 4.78 is 5.10. The van der Waals surface area contributed by atoms with Crippen LogP contribution in [0.4, 0.5) is 5.00 Å². The summed E-state index contributed by atoms with van der Waals surface area (Å²) in [6, 6.07) is 8.78. The fraction of sp³-hybridized carbons (Fsp3) is 0.409. The van der Waals surface area contributed by atoms with Crippen LogP contribution in [0.5, 0.6) is 0 Å². The van der Waals surface area contributed by atoms with Crippen LogP contribution in [0, 0.1) is 0 Å². The number of thiophene rings is 1. The second-order valence-corrected chi connectivity index (χ2v) is 8.67. The highest BCUT2D eigenvalue weighted by atomic mass is 35.5. The second-order valence-electron chi connectivity index (χ2n) is 7.13. The molecule has 1 aromatic carbocycles. The Kier molecular flexibility index (Phi) is 8.06. The van der Waals surface area contributed by atoms with E-state index in [1.54, 1.807) is 42.2 Å². The zero-order valence-corrected chi connectivity index (χ0v) is 19.2. The van der Waals surface area contributed by atoms with Crippen molar-refractivity contribution < 1.29 is 19.1 Å². The number of halogens is 1. The summed E-state index contributed by atoms with van der Waals surface area (Å²) in [5, 5.41) is 3.82. The van der Waals surface area contributed by atoms with Gasteiger partial charge in [-0.3, -0.25) is 14.5 Å². The monoisotopic (exact) mass is 463 g/mol. The van der Waals surface area contributed by atoms with E-state index in [2.05, 4.69) is 5.32 Å². The summed E-state index contributed by atoms with van der Waals surface area (Å²) in [5.74, 6) is -0.721. The van der Waals surface area contributed by atoms with Crippen LogP contribution in [0.2, 0.25) is 5.02 Å². The van der Waals surface area contributed by atoms with Gasteiger partial charge >= 0.3 is 5.97 Å². The Hall–Kier alpha value is -2.42. The first-order valence-electron chi connectivity index (χ1n) is 10.3. The number of benzene rings is 1. The maximum atomic E-state index is 12.7. The average Bonchev–Trinajstić information content (AvgIpc) is 3.17. The predicted octanol–water partition coefficient (Wildman–Crippen LogP) is 3.54. The molecule has 9 heteroatoms. The van der Waals surface area contributed by atoms with Gasteiger partial charge in [-0.1, -0.05) is 30.7 Å². The number of ether oxygens (including phenoxy) is 1. The number of rotatable bonds is 7. The SMILES string of the molecule is CCOC(=O)c1cc(CC)sc1NC(=O)CN1CCN(C(=O)c2ccccc2Cl)CC1. The molecule has 0 bridgehead atoms. The maximum absolute atomic E-state index is 12.7. The van der Waals surface area contributed by atoms with E-state index in [1.807, 2.05) is 11.8 Å². The molecule has 7 nitrogen and oxygen atoms in total. The van der Waals surface area contributed by atoms with Gasteiger partial charge in [0.15, 0.2) is 0 Å². The number of hydrogen-bond acceptors (Lipinski definition) is 6. The number of amides is 2. The number of hydrogen-bond donors (Lipinski definition) is 1. The lowest BCUT2D eigenvalue weighted by Crippen LogP contribution is -2.50. The number of nitrogens with zero attached hydrogens (tertiary/aromatic N) is 2. The van der Waals surface area contributed by atoms with Gasteiger partial charge in [-0.15, -0.1) is 11.3 Å². The summed E-state index contributed by atoms with van der Waals surface area (Å²) in [6.07, 6.45) is 0.772. The molecular formula is C22H26ClN3O4S. The number of nitrogens with one attached hydrogen (secondary N) is 1. The molecule has 2 heterocycles. The molecule has 1 fully saturated rings. The van der Waals surface area contributed by atoms with Crippen LogP contribution in [-0.2, 0) is 16.0 Å². The van der Waals surface area contributed by atoms with Crippen molar-refractivity contribution in [2.45, 2.75) is 20.3 Å². The highest BCUT2D eigenvalue weighted by Gasteiger charge is 2.25. The van der Waals surface area contributed by atoms with E-state index in [1.165, 1.54) is 11.3 Å². The van der Waals surface area contributed by atoms with Crippen molar-refractivity contribution in [3.8, 4) is 0 Å². The summed E-state index contributed by atoms with van der Waals surface area (Å²) in [7, 11) is 0. The van der Waals surface area contributed by atoms with Gasteiger partial charge in [0.1, 0.15) is 5.00 Å². The lowest BCUT2D eigenvalue weighted by Gasteiger charge is -2.34. The van der Waals surface area contributed by atoms with Crippen LogP contribution < -0.4 is 5.32 Å². The van der Waals surface area contributed by atoms with E-state index in [-0.39, 0.29) is 25.0 Å². The van der Waals surface area contributed by atoms with Crippen molar-refractivity contribution in [2.75, 3.05) is 44.6 Å². The number of carbonyl (C=O) groups is 3. The molecule has 1 aromatic heterocycles. The van der Waals surface area contributed by atoms with Crippen LogP contribution in [0.15, 0.2) is 30.3 Å². The molecule has 0 aliphatic carbocycles. The van der Waals surface area contributed by atoms with Gasteiger partial charge in [0.25, 0.3) is 5.91 Å². The highest BCUT2D eigenvalue weighted by Crippen LogP contribution is 2.29. The molecule has 2 amide bonds. The topological polar surface area (TPSA) is 79.0 Å². The lowest BCUT2D eigenvalue weighted by molar-refractivity contribution is -0.117. The van der Waals surface area contributed by atoms with Crippen molar-refractivity contribution in [3.05, 3.63) is 51.4 Å². The molecule has 1 aliphatic rings. The zero-order chi connectivity index (χ0) is 22.4. The zero-order valence-electron chi connectivity index (χ0n) is 17.7. The van der Waals surface area contributed by atoms with E-state index in [9.17, 15) is 14.4 Å². The Morgan fingerprint density at radius 2 is 1.81 bits per heavy atom. The first-order valence-corrected chi connectivity index (χ1v) is 11.5. The molecule has 1 aliphatic heterocycles. The van der Waals surface area contributed by atoms with Gasteiger partial charge in [0.2, 0.25) is 5.91 Å². The standard InChI is InChI=1S/C22H26ClN3O4S/c1-3-15-13-17(22(29)30-4-2)20(31-15)24-19(27)14-25-9-11-26(12-10-25)21(28)16-7-5-6-8-18(16)23/h5-8,13H,3-4,9-12,14H2,1-2H3,(H,24,27). The Morgan fingerprint density at radius 1 is 1.10 bits per heavy atom. The first kappa shape index (κ1) is 23.2. The van der Waals surface area contributed by atoms with Gasteiger partial charge in [-0.05, 0) is 31.5 Å². The minimum atomic E-state index is -0.430. The normalized spacial score (nSPS) is 14.4.